The molecule has 0 bridgehead atoms. The van der Waals surface area contributed by atoms with Crippen LogP contribution < -0.4 is 0 Å². The van der Waals surface area contributed by atoms with E-state index in [2.05, 4.69) is 27.4 Å². The zero-order valence-electron chi connectivity index (χ0n) is 11.5. The lowest BCUT2D eigenvalue weighted by Crippen LogP contribution is -2.61. The molecular weight excluding hydrogens is 216 g/mol. The van der Waals surface area contributed by atoms with E-state index in [1.807, 2.05) is 6.08 Å². The Morgan fingerprint density at radius 3 is 2.65 bits per heavy atom. The summed E-state index contributed by atoms with van der Waals surface area (Å²) in [5, 5.41) is 10.3. The van der Waals surface area contributed by atoms with Gasteiger partial charge in [0.05, 0.1) is 6.10 Å². The van der Waals surface area contributed by atoms with Crippen LogP contribution in [0.5, 0.6) is 0 Å². The second kappa shape index (κ2) is 5.51. The first-order valence-corrected chi connectivity index (χ1v) is 6.45. The minimum absolute atomic E-state index is 0.0988. The number of aliphatic hydroxyl groups excluding tert-OH is 1. The van der Waals surface area contributed by atoms with Crippen molar-refractivity contribution in [2.24, 2.45) is 5.41 Å². The lowest BCUT2D eigenvalue weighted by Gasteiger charge is -2.52. The molecule has 17 heavy (non-hydrogen) atoms. The van der Waals surface area contributed by atoms with Crippen LogP contribution in [0, 0.1) is 5.41 Å². The average molecular weight is 242 g/mol. The van der Waals surface area contributed by atoms with E-state index in [4.69, 9.17) is 9.47 Å². The van der Waals surface area contributed by atoms with E-state index >= 15 is 0 Å². The highest BCUT2D eigenvalue weighted by atomic mass is 16.7. The first-order valence-electron chi connectivity index (χ1n) is 6.45. The average Bonchev–Trinajstić information content (AvgIpc) is 2.31. The molecule has 3 nitrogen and oxygen atoms in total. The number of ether oxygens (including phenoxy) is 2. The Morgan fingerprint density at radius 1 is 1.53 bits per heavy atom. The van der Waals surface area contributed by atoms with Gasteiger partial charge in [-0.3, -0.25) is 0 Å². The van der Waals surface area contributed by atoms with E-state index in [1.54, 1.807) is 7.11 Å². The van der Waals surface area contributed by atoms with E-state index in [0.29, 0.717) is 0 Å². The maximum absolute atomic E-state index is 10.3. The van der Waals surface area contributed by atoms with Crippen molar-refractivity contribution >= 4 is 0 Å². The van der Waals surface area contributed by atoms with Crippen LogP contribution in [0.4, 0.5) is 0 Å². The van der Waals surface area contributed by atoms with Crippen molar-refractivity contribution in [1.82, 2.24) is 0 Å². The Labute approximate surface area is 105 Å². The number of methoxy groups -OCH3 is 1. The molecule has 1 N–H and O–H groups in total. The van der Waals surface area contributed by atoms with Gasteiger partial charge in [-0.25, -0.2) is 0 Å². The summed E-state index contributed by atoms with van der Waals surface area (Å²) in [4.78, 5) is 0. The van der Waals surface area contributed by atoms with Crippen molar-refractivity contribution in [3.05, 3.63) is 12.7 Å². The molecule has 0 spiro atoms. The molecule has 2 unspecified atom stereocenters. The molecular formula is C14H26O3. The van der Waals surface area contributed by atoms with Gasteiger partial charge in [0.2, 0.25) is 0 Å². The van der Waals surface area contributed by atoms with Crippen LogP contribution in [0.25, 0.3) is 0 Å². The van der Waals surface area contributed by atoms with Gasteiger partial charge >= 0.3 is 0 Å². The Bertz CT molecular complexity index is 262. The molecule has 3 atom stereocenters. The third-order valence-electron chi connectivity index (χ3n) is 4.10. The lowest BCUT2D eigenvalue weighted by atomic mass is 9.74. The second-order valence-corrected chi connectivity index (χ2v) is 5.47. The third kappa shape index (κ3) is 2.56. The summed E-state index contributed by atoms with van der Waals surface area (Å²) in [7, 11) is 1.62. The second-order valence-electron chi connectivity index (χ2n) is 5.47. The summed E-state index contributed by atoms with van der Waals surface area (Å²) >= 11 is 0. The largest absolute Gasteiger partial charge is 0.387 e. The maximum Gasteiger partial charge on any atom is 0.199 e. The van der Waals surface area contributed by atoms with E-state index in [0.717, 1.165) is 25.7 Å². The number of hydrogen-bond donors (Lipinski definition) is 1. The molecule has 0 saturated carbocycles. The van der Waals surface area contributed by atoms with Gasteiger partial charge in [0.25, 0.3) is 0 Å². The first-order chi connectivity index (χ1) is 7.93. The Hall–Kier alpha value is -0.380. The Balaban J connectivity index is 2.97. The number of hydrogen-bond acceptors (Lipinski definition) is 3. The molecule has 1 fully saturated rings. The van der Waals surface area contributed by atoms with Gasteiger partial charge in [0.15, 0.2) is 5.79 Å². The predicted octanol–water partition coefficient (Wildman–Crippen LogP) is 2.88. The maximum atomic E-state index is 10.3. The minimum atomic E-state index is -0.895. The zero-order valence-corrected chi connectivity index (χ0v) is 11.5. The Morgan fingerprint density at radius 2 is 2.18 bits per heavy atom. The SMILES string of the molecule is C=CC[C@@H]1CCC(O)C(OC)(C(C)(C)CC)O1. The molecule has 0 aromatic rings. The van der Waals surface area contributed by atoms with Crippen molar-refractivity contribution in [1.29, 1.82) is 0 Å². The van der Waals surface area contributed by atoms with Gasteiger partial charge in [-0.1, -0.05) is 26.8 Å². The standard InChI is InChI=1S/C14H26O3/c1-6-8-11-9-10-12(15)14(16-5,17-11)13(3,4)7-2/h6,11-12,15H,1,7-10H2,2-5H3/t11-,12?,14?/m1/s1. The summed E-state index contributed by atoms with van der Waals surface area (Å²) in [5.41, 5.74) is -0.221. The quantitative estimate of drug-likeness (QED) is 0.753. The van der Waals surface area contributed by atoms with Crippen molar-refractivity contribution in [3.8, 4) is 0 Å². The molecule has 1 heterocycles. The van der Waals surface area contributed by atoms with Crippen molar-refractivity contribution in [2.75, 3.05) is 7.11 Å². The fraction of sp³-hybridized carbons (Fsp3) is 0.857. The molecule has 0 aliphatic carbocycles. The van der Waals surface area contributed by atoms with Gasteiger partial charge in [-0.15, -0.1) is 6.58 Å². The lowest BCUT2D eigenvalue weighted by molar-refractivity contribution is -0.356. The van der Waals surface area contributed by atoms with Crippen LogP contribution in [0.3, 0.4) is 0 Å². The molecule has 100 valence electrons. The van der Waals surface area contributed by atoms with Crippen LogP contribution in [-0.4, -0.2) is 30.2 Å². The number of aliphatic hydroxyl groups is 1. The third-order valence-corrected chi connectivity index (χ3v) is 4.10. The van der Waals surface area contributed by atoms with E-state index < -0.39 is 11.9 Å². The zero-order chi connectivity index (χ0) is 13.1. The summed E-state index contributed by atoms with van der Waals surface area (Å²) < 4.78 is 11.7. The number of rotatable bonds is 5. The first kappa shape index (κ1) is 14.7. The fourth-order valence-electron chi connectivity index (χ4n) is 2.59. The molecule has 3 heteroatoms. The van der Waals surface area contributed by atoms with E-state index in [-0.39, 0.29) is 11.5 Å². The Kier molecular flexibility index (Phi) is 4.76. The summed E-state index contributed by atoms with van der Waals surface area (Å²) in [6, 6.07) is 0. The summed E-state index contributed by atoms with van der Waals surface area (Å²) in [6.07, 6.45) is 4.66. The highest BCUT2D eigenvalue weighted by molar-refractivity contribution is 4.97. The fourth-order valence-corrected chi connectivity index (χ4v) is 2.59. The van der Waals surface area contributed by atoms with Crippen LogP contribution >= 0.6 is 0 Å². The van der Waals surface area contributed by atoms with Gasteiger partial charge in [-0.05, 0) is 25.7 Å². The van der Waals surface area contributed by atoms with Gasteiger partial charge in [0.1, 0.15) is 6.10 Å². The van der Waals surface area contributed by atoms with Crippen molar-refractivity contribution in [2.45, 2.75) is 64.4 Å². The van der Waals surface area contributed by atoms with Crippen molar-refractivity contribution in [3.63, 3.8) is 0 Å². The van der Waals surface area contributed by atoms with Crippen LogP contribution in [0.2, 0.25) is 0 Å². The molecule has 0 radical (unpaired) electrons. The molecule has 0 aromatic heterocycles. The molecule has 1 rings (SSSR count). The van der Waals surface area contributed by atoms with Crippen LogP contribution in [0.15, 0.2) is 12.7 Å². The van der Waals surface area contributed by atoms with Gasteiger partial charge in [0, 0.05) is 12.5 Å². The molecule has 0 amide bonds. The smallest absolute Gasteiger partial charge is 0.199 e. The summed E-state index contributed by atoms with van der Waals surface area (Å²) in [6.45, 7) is 10.00. The van der Waals surface area contributed by atoms with Crippen LogP contribution in [-0.2, 0) is 9.47 Å². The molecule has 1 aliphatic rings. The highest BCUT2D eigenvalue weighted by Gasteiger charge is 2.54. The van der Waals surface area contributed by atoms with Gasteiger partial charge in [-0.2, -0.15) is 0 Å². The highest BCUT2D eigenvalue weighted by Crippen LogP contribution is 2.45. The molecule has 1 saturated heterocycles. The molecule has 0 aromatic carbocycles. The van der Waals surface area contributed by atoms with E-state index in [9.17, 15) is 5.11 Å². The van der Waals surface area contributed by atoms with Crippen LogP contribution in [0.1, 0.15) is 46.5 Å². The normalized spacial score (nSPS) is 34.6. The topological polar surface area (TPSA) is 38.7 Å². The minimum Gasteiger partial charge on any atom is -0.387 e. The molecule has 1 aliphatic heterocycles. The monoisotopic (exact) mass is 242 g/mol. The van der Waals surface area contributed by atoms with E-state index in [1.165, 1.54) is 0 Å². The predicted molar refractivity (Wildman–Crippen MR) is 68.7 cm³/mol. The summed E-state index contributed by atoms with van der Waals surface area (Å²) in [5.74, 6) is -0.895. The van der Waals surface area contributed by atoms with Crippen molar-refractivity contribution < 1.29 is 14.6 Å². The van der Waals surface area contributed by atoms with Gasteiger partial charge < -0.3 is 14.6 Å².